The minimum atomic E-state index is -0.318. The molecule has 0 saturated carbocycles. The van der Waals surface area contributed by atoms with E-state index in [0.717, 1.165) is 5.56 Å². The molecule has 2 aromatic rings. The molecule has 0 aliphatic carbocycles. The maximum atomic E-state index is 13.7. The Kier molecular flexibility index (Phi) is 3.85. The molecule has 19 heavy (non-hydrogen) atoms. The minimum Gasteiger partial charge on any atom is -0.326 e. The van der Waals surface area contributed by atoms with Gasteiger partial charge in [0, 0.05) is 30.5 Å². The molecule has 2 rings (SSSR count). The van der Waals surface area contributed by atoms with Gasteiger partial charge in [0.05, 0.1) is 6.54 Å². The number of benzene rings is 1. The molecule has 1 aromatic heterocycles. The molecule has 0 amide bonds. The zero-order valence-corrected chi connectivity index (χ0v) is 11.1. The first-order valence-corrected chi connectivity index (χ1v) is 6.27. The van der Waals surface area contributed by atoms with Gasteiger partial charge >= 0.3 is 5.69 Å². The molecule has 0 bridgehead atoms. The van der Waals surface area contributed by atoms with Crippen LogP contribution in [0, 0.1) is 5.82 Å². The van der Waals surface area contributed by atoms with Crippen LogP contribution in [0.25, 0.3) is 0 Å². The first-order valence-electron chi connectivity index (χ1n) is 6.27. The van der Waals surface area contributed by atoms with Gasteiger partial charge < -0.3 is 5.73 Å². The standard InChI is InChI=1S/C14H18FN3O/c1-10(2)18-6-5-17(14(18)19)9-12-7-11(8-16)3-4-13(12)15/h3-7,10H,8-9,16H2,1-2H3. The van der Waals surface area contributed by atoms with Crippen molar-refractivity contribution in [2.45, 2.75) is 33.0 Å². The monoisotopic (exact) mass is 263 g/mol. The van der Waals surface area contributed by atoms with E-state index in [9.17, 15) is 9.18 Å². The van der Waals surface area contributed by atoms with Crippen molar-refractivity contribution in [2.24, 2.45) is 5.73 Å². The summed E-state index contributed by atoms with van der Waals surface area (Å²) < 4.78 is 16.8. The van der Waals surface area contributed by atoms with Gasteiger partial charge in [0.15, 0.2) is 0 Å². The van der Waals surface area contributed by atoms with Crippen LogP contribution in [0.5, 0.6) is 0 Å². The average Bonchev–Trinajstić information content (AvgIpc) is 2.74. The Balaban J connectivity index is 2.34. The fourth-order valence-corrected chi connectivity index (χ4v) is 2.00. The van der Waals surface area contributed by atoms with Gasteiger partial charge in [0.1, 0.15) is 5.82 Å². The van der Waals surface area contributed by atoms with Crippen LogP contribution in [0.3, 0.4) is 0 Å². The van der Waals surface area contributed by atoms with E-state index in [0.29, 0.717) is 12.1 Å². The highest BCUT2D eigenvalue weighted by molar-refractivity contribution is 5.25. The molecular weight excluding hydrogens is 245 g/mol. The Hall–Kier alpha value is -1.88. The first kappa shape index (κ1) is 13.5. The van der Waals surface area contributed by atoms with Crippen LogP contribution in [0.4, 0.5) is 4.39 Å². The van der Waals surface area contributed by atoms with E-state index in [1.807, 2.05) is 13.8 Å². The Morgan fingerprint density at radius 2 is 2.05 bits per heavy atom. The van der Waals surface area contributed by atoms with Gasteiger partial charge in [0.2, 0.25) is 0 Å². The second kappa shape index (κ2) is 5.40. The lowest BCUT2D eigenvalue weighted by molar-refractivity contribution is 0.553. The summed E-state index contributed by atoms with van der Waals surface area (Å²) in [6.45, 7) is 4.44. The molecule has 0 aliphatic rings. The van der Waals surface area contributed by atoms with Crippen LogP contribution < -0.4 is 11.4 Å². The van der Waals surface area contributed by atoms with Crippen LogP contribution in [0.15, 0.2) is 35.4 Å². The van der Waals surface area contributed by atoms with E-state index < -0.39 is 0 Å². The summed E-state index contributed by atoms with van der Waals surface area (Å²) in [4.78, 5) is 12.1. The van der Waals surface area contributed by atoms with Gasteiger partial charge in [-0.15, -0.1) is 0 Å². The number of halogens is 1. The molecule has 0 saturated heterocycles. The van der Waals surface area contributed by atoms with Crippen molar-refractivity contribution in [3.05, 3.63) is 58.0 Å². The molecule has 5 heteroatoms. The third-order valence-corrected chi connectivity index (χ3v) is 3.12. The van der Waals surface area contributed by atoms with E-state index in [1.54, 1.807) is 29.1 Å². The highest BCUT2D eigenvalue weighted by Gasteiger charge is 2.09. The smallest absolute Gasteiger partial charge is 0.326 e. The quantitative estimate of drug-likeness (QED) is 0.915. The summed E-state index contributed by atoms with van der Waals surface area (Å²) >= 11 is 0. The summed E-state index contributed by atoms with van der Waals surface area (Å²) in [5, 5.41) is 0. The van der Waals surface area contributed by atoms with Gasteiger partial charge in [-0.2, -0.15) is 0 Å². The second-order valence-corrected chi connectivity index (χ2v) is 4.84. The molecular formula is C14H18FN3O. The van der Waals surface area contributed by atoms with Crippen molar-refractivity contribution in [1.82, 2.24) is 9.13 Å². The van der Waals surface area contributed by atoms with Gasteiger partial charge in [-0.3, -0.25) is 9.13 Å². The summed E-state index contributed by atoms with van der Waals surface area (Å²) in [7, 11) is 0. The van der Waals surface area contributed by atoms with Crippen molar-refractivity contribution < 1.29 is 4.39 Å². The van der Waals surface area contributed by atoms with E-state index in [-0.39, 0.29) is 24.1 Å². The average molecular weight is 263 g/mol. The molecule has 0 spiro atoms. The van der Waals surface area contributed by atoms with Crippen LogP contribution >= 0.6 is 0 Å². The molecule has 102 valence electrons. The topological polar surface area (TPSA) is 52.9 Å². The maximum Gasteiger partial charge on any atom is 0.328 e. The fraction of sp³-hybridized carbons (Fsp3) is 0.357. The largest absolute Gasteiger partial charge is 0.328 e. The van der Waals surface area contributed by atoms with E-state index in [4.69, 9.17) is 5.73 Å². The van der Waals surface area contributed by atoms with Crippen molar-refractivity contribution in [3.8, 4) is 0 Å². The molecule has 0 radical (unpaired) electrons. The molecule has 0 atom stereocenters. The van der Waals surface area contributed by atoms with Crippen LogP contribution in [0.2, 0.25) is 0 Å². The number of nitrogens with two attached hydrogens (primary N) is 1. The summed E-state index contributed by atoms with van der Waals surface area (Å²) in [5.74, 6) is -0.318. The summed E-state index contributed by atoms with van der Waals surface area (Å²) in [6, 6.07) is 4.84. The molecule has 1 aromatic carbocycles. The van der Waals surface area contributed by atoms with Crippen molar-refractivity contribution in [3.63, 3.8) is 0 Å². The predicted octanol–water partition coefficient (Wildman–Crippen LogP) is 1.88. The zero-order valence-electron chi connectivity index (χ0n) is 11.1. The normalized spacial score (nSPS) is 11.2. The fourth-order valence-electron chi connectivity index (χ4n) is 2.00. The molecule has 4 nitrogen and oxygen atoms in total. The summed E-state index contributed by atoms with van der Waals surface area (Å²) in [6.07, 6.45) is 3.40. The number of imidazole rings is 1. The first-order chi connectivity index (χ1) is 9.02. The zero-order chi connectivity index (χ0) is 14.0. The maximum absolute atomic E-state index is 13.7. The third kappa shape index (κ3) is 2.76. The van der Waals surface area contributed by atoms with Crippen molar-refractivity contribution in [2.75, 3.05) is 0 Å². The summed E-state index contributed by atoms with van der Waals surface area (Å²) in [5.41, 5.74) is 6.74. The number of aromatic nitrogens is 2. The van der Waals surface area contributed by atoms with E-state index in [2.05, 4.69) is 0 Å². The molecule has 1 heterocycles. The van der Waals surface area contributed by atoms with Crippen LogP contribution in [-0.2, 0) is 13.1 Å². The minimum absolute atomic E-state index is 0.0916. The SMILES string of the molecule is CC(C)n1ccn(Cc2cc(CN)ccc2F)c1=O. The second-order valence-electron chi connectivity index (χ2n) is 4.84. The lowest BCUT2D eigenvalue weighted by Gasteiger charge is -2.07. The Bertz CT molecular complexity index is 628. The van der Waals surface area contributed by atoms with E-state index >= 15 is 0 Å². The van der Waals surface area contributed by atoms with Crippen molar-refractivity contribution >= 4 is 0 Å². The van der Waals surface area contributed by atoms with Gasteiger partial charge in [0.25, 0.3) is 0 Å². The Morgan fingerprint density at radius 1 is 1.32 bits per heavy atom. The van der Waals surface area contributed by atoms with Gasteiger partial charge in [-0.05, 0) is 31.5 Å². The number of nitrogens with zero attached hydrogens (tertiary/aromatic N) is 2. The number of hydrogen-bond acceptors (Lipinski definition) is 2. The highest BCUT2D eigenvalue weighted by atomic mass is 19.1. The number of hydrogen-bond donors (Lipinski definition) is 1. The highest BCUT2D eigenvalue weighted by Crippen LogP contribution is 2.12. The van der Waals surface area contributed by atoms with Crippen LogP contribution in [0.1, 0.15) is 31.0 Å². The van der Waals surface area contributed by atoms with Gasteiger partial charge in [-0.25, -0.2) is 9.18 Å². The lowest BCUT2D eigenvalue weighted by Crippen LogP contribution is -2.25. The number of rotatable bonds is 4. The third-order valence-electron chi connectivity index (χ3n) is 3.12. The molecule has 2 N–H and O–H groups in total. The van der Waals surface area contributed by atoms with E-state index in [1.165, 1.54) is 10.6 Å². The Morgan fingerprint density at radius 3 is 2.63 bits per heavy atom. The molecule has 0 unspecified atom stereocenters. The Labute approximate surface area is 111 Å². The van der Waals surface area contributed by atoms with Crippen LogP contribution in [-0.4, -0.2) is 9.13 Å². The molecule has 0 aliphatic heterocycles. The van der Waals surface area contributed by atoms with Crippen molar-refractivity contribution in [1.29, 1.82) is 0 Å². The molecule has 0 fully saturated rings. The predicted molar refractivity (Wildman–Crippen MR) is 72.5 cm³/mol. The van der Waals surface area contributed by atoms with Gasteiger partial charge in [-0.1, -0.05) is 6.07 Å². The lowest BCUT2D eigenvalue weighted by atomic mass is 10.1.